The maximum Gasteiger partial charge on any atom is 0.254 e. The van der Waals surface area contributed by atoms with Crippen LogP contribution in [0.4, 0.5) is 4.39 Å². The van der Waals surface area contributed by atoms with E-state index in [4.69, 9.17) is 11.6 Å². The lowest BCUT2D eigenvalue weighted by Gasteiger charge is -2.09. The van der Waals surface area contributed by atoms with E-state index in [-0.39, 0.29) is 5.56 Å². The number of carbonyl (C=O) groups is 1. The highest BCUT2D eigenvalue weighted by Gasteiger charge is 2.15. The summed E-state index contributed by atoms with van der Waals surface area (Å²) >= 11 is 7.65. The predicted octanol–water partition coefficient (Wildman–Crippen LogP) is 3.88. The second kappa shape index (κ2) is 7.15. The van der Waals surface area contributed by atoms with Crippen LogP contribution in [-0.4, -0.2) is 23.5 Å². The Morgan fingerprint density at radius 1 is 1.42 bits per heavy atom. The van der Waals surface area contributed by atoms with Crippen molar-refractivity contribution in [3.8, 4) is 0 Å². The van der Waals surface area contributed by atoms with Crippen LogP contribution in [-0.2, 0) is 0 Å². The lowest BCUT2D eigenvalue weighted by Crippen LogP contribution is -2.27. The minimum Gasteiger partial charge on any atom is -0.351 e. The Kier molecular flexibility index (Phi) is 5.52. The molecule has 1 saturated carbocycles. The molecule has 2 nitrogen and oxygen atoms in total. The minimum absolute atomic E-state index is 0.0124. The van der Waals surface area contributed by atoms with Crippen LogP contribution in [0.3, 0.4) is 0 Å². The third kappa shape index (κ3) is 4.39. The summed E-state index contributed by atoms with van der Waals surface area (Å²) in [7, 11) is 0. The molecule has 1 fully saturated rings. The normalized spacial score (nSPS) is 15.7. The van der Waals surface area contributed by atoms with Gasteiger partial charge in [0.05, 0.1) is 5.56 Å². The van der Waals surface area contributed by atoms with Gasteiger partial charge in [0.25, 0.3) is 5.91 Å². The van der Waals surface area contributed by atoms with E-state index in [9.17, 15) is 9.18 Å². The highest BCUT2D eigenvalue weighted by atomic mass is 35.5. The van der Waals surface area contributed by atoms with E-state index < -0.39 is 11.7 Å². The maximum absolute atomic E-state index is 13.5. The predicted molar refractivity (Wildman–Crippen MR) is 78.5 cm³/mol. The van der Waals surface area contributed by atoms with E-state index in [2.05, 4.69) is 5.32 Å². The van der Waals surface area contributed by atoms with Gasteiger partial charge in [0.15, 0.2) is 0 Å². The fourth-order valence-electron chi connectivity index (χ4n) is 2.21. The van der Waals surface area contributed by atoms with Crippen LogP contribution in [0, 0.1) is 5.82 Å². The van der Waals surface area contributed by atoms with Crippen molar-refractivity contribution in [2.24, 2.45) is 0 Å². The van der Waals surface area contributed by atoms with Crippen LogP contribution in [0.5, 0.6) is 0 Å². The quantitative estimate of drug-likeness (QED) is 0.836. The highest BCUT2D eigenvalue weighted by molar-refractivity contribution is 7.99. The monoisotopic (exact) mass is 301 g/mol. The largest absolute Gasteiger partial charge is 0.351 e. The van der Waals surface area contributed by atoms with Gasteiger partial charge in [-0.05, 0) is 31.0 Å². The number of carbonyl (C=O) groups excluding carboxylic acids is 1. The highest BCUT2D eigenvalue weighted by Crippen LogP contribution is 2.28. The topological polar surface area (TPSA) is 29.1 Å². The van der Waals surface area contributed by atoms with E-state index in [1.54, 1.807) is 0 Å². The van der Waals surface area contributed by atoms with E-state index in [1.807, 2.05) is 11.8 Å². The molecular formula is C14H17ClFNOS. The Morgan fingerprint density at radius 2 is 2.16 bits per heavy atom. The average Bonchev–Trinajstić information content (AvgIpc) is 2.90. The third-order valence-corrected chi connectivity index (χ3v) is 4.83. The van der Waals surface area contributed by atoms with Crippen LogP contribution >= 0.6 is 23.4 Å². The first-order valence-corrected chi connectivity index (χ1v) is 7.94. The number of thioether (sulfide) groups is 1. The lowest BCUT2D eigenvalue weighted by atomic mass is 10.2. The number of hydrogen-bond acceptors (Lipinski definition) is 2. The Hall–Kier alpha value is -0.740. The van der Waals surface area contributed by atoms with Crippen LogP contribution in [0.2, 0.25) is 5.02 Å². The van der Waals surface area contributed by atoms with Gasteiger partial charge in [0.2, 0.25) is 0 Å². The molecule has 0 bridgehead atoms. The molecule has 1 aliphatic carbocycles. The van der Waals surface area contributed by atoms with Gasteiger partial charge in [0, 0.05) is 22.6 Å². The van der Waals surface area contributed by atoms with E-state index >= 15 is 0 Å². The van der Waals surface area contributed by atoms with Crippen molar-refractivity contribution in [1.29, 1.82) is 0 Å². The molecule has 1 aromatic rings. The number of nitrogens with one attached hydrogen (secondary N) is 1. The van der Waals surface area contributed by atoms with Crippen LogP contribution in [0.15, 0.2) is 18.2 Å². The molecule has 1 aliphatic rings. The Bertz CT molecular complexity index is 449. The summed E-state index contributed by atoms with van der Waals surface area (Å²) in [5.41, 5.74) is 0.0124. The molecule has 1 amide bonds. The first-order valence-electron chi connectivity index (χ1n) is 6.51. The fraction of sp³-hybridized carbons (Fsp3) is 0.500. The van der Waals surface area contributed by atoms with Crippen molar-refractivity contribution in [3.05, 3.63) is 34.6 Å². The van der Waals surface area contributed by atoms with Gasteiger partial charge in [-0.25, -0.2) is 4.39 Å². The third-order valence-electron chi connectivity index (χ3n) is 3.22. The van der Waals surface area contributed by atoms with E-state index in [0.29, 0.717) is 11.6 Å². The summed E-state index contributed by atoms with van der Waals surface area (Å²) in [5, 5.41) is 3.84. The number of benzene rings is 1. The molecule has 0 heterocycles. The molecular weight excluding hydrogens is 285 g/mol. The van der Waals surface area contributed by atoms with Crippen LogP contribution in [0.1, 0.15) is 36.0 Å². The Labute approximate surface area is 122 Å². The standard InChI is InChI=1S/C14H17ClFNOS/c15-10-5-6-13(16)12(9-10)14(18)17-7-8-19-11-3-1-2-4-11/h5-6,9,11H,1-4,7-8H2,(H,17,18). The average molecular weight is 302 g/mol. The van der Waals surface area contributed by atoms with Crippen molar-refractivity contribution >= 4 is 29.3 Å². The summed E-state index contributed by atoms with van der Waals surface area (Å²) in [6.07, 6.45) is 5.19. The molecule has 0 saturated heterocycles. The van der Waals surface area contributed by atoms with E-state index in [0.717, 1.165) is 11.0 Å². The zero-order chi connectivity index (χ0) is 13.7. The first kappa shape index (κ1) is 14.7. The lowest BCUT2D eigenvalue weighted by molar-refractivity contribution is 0.0952. The van der Waals surface area contributed by atoms with Crippen molar-refractivity contribution in [2.45, 2.75) is 30.9 Å². The molecule has 0 radical (unpaired) electrons. The molecule has 0 spiro atoms. The molecule has 19 heavy (non-hydrogen) atoms. The molecule has 0 atom stereocenters. The number of amides is 1. The maximum atomic E-state index is 13.5. The van der Waals surface area contributed by atoms with Crippen molar-refractivity contribution in [3.63, 3.8) is 0 Å². The summed E-state index contributed by atoms with van der Waals surface area (Å²) < 4.78 is 13.5. The van der Waals surface area contributed by atoms with Crippen molar-refractivity contribution < 1.29 is 9.18 Å². The zero-order valence-electron chi connectivity index (χ0n) is 10.6. The molecule has 104 valence electrons. The summed E-state index contributed by atoms with van der Waals surface area (Å²) in [6, 6.07) is 4.00. The number of rotatable bonds is 5. The number of halogens is 2. The molecule has 0 unspecified atom stereocenters. The zero-order valence-corrected chi connectivity index (χ0v) is 12.2. The molecule has 0 aliphatic heterocycles. The Morgan fingerprint density at radius 3 is 2.89 bits per heavy atom. The summed E-state index contributed by atoms with van der Waals surface area (Å²) in [6.45, 7) is 0.561. The van der Waals surface area contributed by atoms with Gasteiger partial charge in [-0.3, -0.25) is 4.79 Å². The molecule has 5 heteroatoms. The van der Waals surface area contributed by atoms with Crippen LogP contribution < -0.4 is 5.32 Å². The van der Waals surface area contributed by atoms with Gasteiger partial charge >= 0.3 is 0 Å². The van der Waals surface area contributed by atoms with E-state index in [1.165, 1.54) is 43.9 Å². The molecule has 0 aromatic heterocycles. The van der Waals surface area contributed by atoms with Crippen LogP contribution in [0.25, 0.3) is 0 Å². The van der Waals surface area contributed by atoms with Crippen molar-refractivity contribution in [1.82, 2.24) is 5.32 Å². The second-order valence-electron chi connectivity index (χ2n) is 4.66. The van der Waals surface area contributed by atoms with Gasteiger partial charge in [-0.2, -0.15) is 11.8 Å². The minimum atomic E-state index is -0.537. The second-order valence-corrected chi connectivity index (χ2v) is 6.50. The first-order chi connectivity index (χ1) is 9.16. The summed E-state index contributed by atoms with van der Waals surface area (Å²) in [4.78, 5) is 11.8. The van der Waals surface area contributed by atoms with Gasteiger partial charge in [0.1, 0.15) is 5.82 Å². The van der Waals surface area contributed by atoms with Gasteiger partial charge in [-0.15, -0.1) is 0 Å². The smallest absolute Gasteiger partial charge is 0.254 e. The fourth-order valence-corrected chi connectivity index (χ4v) is 3.60. The van der Waals surface area contributed by atoms with Gasteiger partial charge in [-0.1, -0.05) is 24.4 Å². The Balaban J connectivity index is 1.75. The van der Waals surface area contributed by atoms with Gasteiger partial charge < -0.3 is 5.32 Å². The number of hydrogen-bond donors (Lipinski definition) is 1. The molecule has 1 aromatic carbocycles. The molecule has 2 rings (SSSR count). The summed E-state index contributed by atoms with van der Waals surface area (Å²) in [5.74, 6) is -0.0594. The molecule has 1 N–H and O–H groups in total. The SMILES string of the molecule is O=C(NCCSC1CCCC1)c1cc(Cl)ccc1F. The van der Waals surface area contributed by atoms with Crippen molar-refractivity contribution in [2.75, 3.05) is 12.3 Å².